The van der Waals surface area contributed by atoms with Crippen molar-refractivity contribution in [3.8, 4) is 0 Å². The molecule has 0 saturated carbocycles. The molecule has 0 aromatic heterocycles. The van der Waals surface area contributed by atoms with E-state index in [1.54, 1.807) is 0 Å². The van der Waals surface area contributed by atoms with E-state index in [0.29, 0.717) is 0 Å². The lowest BCUT2D eigenvalue weighted by Crippen LogP contribution is -2.57. The highest BCUT2D eigenvalue weighted by Crippen LogP contribution is 2.22. The van der Waals surface area contributed by atoms with Gasteiger partial charge in [-0.05, 0) is 5.53 Å². The number of hydrogen-bond donors (Lipinski definition) is 3. The van der Waals surface area contributed by atoms with Crippen LogP contribution < -0.4 is 0 Å². The Kier molecular flexibility index (Phi) is 4.67. The molecular weight excluding hydrogens is 234 g/mol. The quantitative estimate of drug-likeness (QED) is 0.244. The second-order valence-electron chi connectivity index (χ2n) is 3.54. The zero-order chi connectivity index (χ0) is 13.0. The minimum absolute atomic E-state index is 0.312. The Hall–Kier alpha value is -1.38. The fourth-order valence-corrected chi connectivity index (χ4v) is 1.45. The Bertz CT molecular complexity index is 331. The van der Waals surface area contributed by atoms with Gasteiger partial charge in [0.05, 0.1) is 6.10 Å². The second-order valence-corrected chi connectivity index (χ2v) is 3.54. The van der Waals surface area contributed by atoms with Gasteiger partial charge in [-0.1, -0.05) is 5.11 Å². The van der Waals surface area contributed by atoms with Crippen molar-refractivity contribution in [2.24, 2.45) is 5.11 Å². The Morgan fingerprint density at radius 2 is 2.12 bits per heavy atom. The smallest absolute Gasteiger partial charge is 0.302 e. The van der Waals surface area contributed by atoms with E-state index in [0.717, 1.165) is 0 Å². The molecule has 1 fully saturated rings. The average molecular weight is 247 g/mol. The topological polar surface area (TPSA) is 145 Å². The van der Waals surface area contributed by atoms with Crippen LogP contribution in [0.2, 0.25) is 0 Å². The zero-order valence-electron chi connectivity index (χ0n) is 9.00. The summed E-state index contributed by atoms with van der Waals surface area (Å²) in [5.74, 6) is -0.582. The molecule has 1 rings (SSSR count). The molecule has 0 radical (unpaired) electrons. The molecule has 0 amide bonds. The monoisotopic (exact) mass is 247 g/mol. The summed E-state index contributed by atoms with van der Waals surface area (Å²) in [7, 11) is 0. The van der Waals surface area contributed by atoms with Crippen molar-refractivity contribution in [1.29, 1.82) is 0 Å². The molecule has 0 aliphatic carbocycles. The number of aliphatic hydroxyl groups excluding tert-OH is 3. The van der Waals surface area contributed by atoms with Crippen molar-refractivity contribution < 1.29 is 29.6 Å². The molecule has 0 aromatic carbocycles. The van der Waals surface area contributed by atoms with Gasteiger partial charge >= 0.3 is 5.97 Å². The molecule has 0 aromatic rings. The molecular formula is C8H13N3O6. The number of aliphatic hydroxyl groups is 3. The van der Waals surface area contributed by atoms with Crippen molar-refractivity contribution in [3.63, 3.8) is 0 Å². The number of ether oxygens (including phenoxy) is 2. The van der Waals surface area contributed by atoms with Crippen LogP contribution in [0, 0.1) is 0 Å². The van der Waals surface area contributed by atoms with E-state index >= 15 is 0 Å². The van der Waals surface area contributed by atoms with Gasteiger partial charge in [0.1, 0.15) is 24.9 Å². The van der Waals surface area contributed by atoms with Crippen LogP contribution in [-0.4, -0.2) is 58.5 Å². The lowest BCUT2D eigenvalue weighted by Gasteiger charge is -2.38. The van der Waals surface area contributed by atoms with Gasteiger partial charge in [0.25, 0.3) is 0 Å². The maximum Gasteiger partial charge on any atom is 0.302 e. The van der Waals surface area contributed by atoms with E-state index in [4.69, 9.17) is 10.3 Å². The van der Waals surface area contributed by atoms with Crippen LogP contribution in [0.1, 0.15) is 6.92 Å². The highest BCUT2D eigenvalue weighted by molar-refractivity contribution is 5.65. The Balaban J connectivity index is 2.68. The van der Waals surface area contributed by atoms with Crippen molar-refractivity contribution in [1.82, 2.24) is 0 Å². The summed E-state index contributed by atoms with van der Waals surface area (Å²) in [5, 5.41) is 31.7. The molecule has 3 N–H and O–H groups in total. The molecule has 3 unspecified atom stereocenters. The van der Waals surface area contributed by atoms with Crippen molar-refractivity contribution in [2.75, 3.05) is 6.61 Å². The minimum atomic E-state index is -1.56. The van der Waals surface area contributed by atoms with Crippen molar-refractivity contribution in [3.05, 3.63) is 10.4 Å². The van der Waals surface area contributed by atoms with Crippen LogP contribution in [0.3, 0.4) is 0 Å². The Labute approximate surface area is 96.2 Å². The average Bonchev–Trinajstić information content (AvgIpc) is 2.27. The standard InChI is InChI=1S/C8H13N3O6/c1-3(12)16-2-4-6(13)7(14)5(10-11-9)8(15)17-4/h4-8,13-15H,2H2,1H3/t4?,5-,6+,7?,8?/m0/s1. The Morgan fingerprint density at radius 1 is 1.47 bits per heavy atom. The summed E-state index contributed by atoms with van der Waals surface area (Å²) < 4.78 is 9.48. The molecule has 1 aliphatic rings. The SMILES string of the molecule is CC(=O)OCC1OC(O)[C@@H](N=[N+]=[N-])C(O)[C@@H]1O. The molecule has 9 heteroatoms. The summed E-state index contributed by atoms with van der Waals surface area (Å²) in [6.07, 6.45) is -5.55. The molecule has 17 heavy (non-hydrogen) atoms. The van der Waals surface area contributed by atoms with Gasteiger partial charge in [-0.2, -0.15) is 0 Å². The van der Waals surface area contributed by atoms with Gasteiger partial charge in [0.15, 0.2) is 6.29 Å². The first-order valence-corrected chi connectivity index (χ1v) is 4.84. The van der Waals surface area contributed by atoms with Gasteiger partial charge in [0.2, 0.25) is 0 Å². The van der Waals surface area contributed by atoms with Crippen LogP contribution in [0.5, 0.6) is 0 Å². The van der Waals surface area contributed by atoms with Gasteiger partial charge in [-0.25, -0.2) is 0 Å². The number of esters is 1. The van der Waals surface area contributed by atoms with E-state index in [2.05, 4.69) is 14.8 Å². The lowest BCUT2D eigenvalue weighted by molar-refractivity contribution is -0.250. The number of azide groups is 1. The molecule has 1 heterocycles. The van der Waals surface area contributed by atoms with E-state index in [9.17, 15) is 20.1 Å². The van der Waals surface area contributed by atoms with Crippen LogP contribution in [0.25, 0.3) is 10.4 Å². The van der Waals surface area contributed by atoms with Gasteiger partial charge in [-0.3, -0.25) is 4.79 Å². The highest BCUT2D eigenvalue weighted by Gasteiger charge is 2.43. The van der Waals surface area contributed by atoms with E-state index in [-0.39, 0.29) is 6.61 Å². The molecule has 1 saturated heterocycles. The maximum absolute atomic E-state index is 10.6. The van der Waals surface area contributed by atoms with Crippen LogP contribution in [-0.2, 0) is 14.3 Å². The van der Waals surface area contributed by atoms with Gasteiger partial charge in [0, 0.05) is 11.8 Å². The molecule has 5 atom stereocenters. The molecule has 96 valence electrons. The normalized spacial score (nSPS) is 37.1. The maximum atomic E-state index is 10.6. The fraction of sp³-hybridized carbons (Fsp3) is 0.875. The first-order chi connectivity index (χ1) is 7.97. The van der Waals surface area contributed by atoms with Crippen molar-refractivity contribution >= 4 is 5.97 Å². The van der Waals surface area contributed by atoms with Crippen LogP contribution in [0.15, 0.2) is 5.11 Å². The second kappa shape index (κ2) is 5.80. The Morgan fingerprint density at radius 3 is 2.65 bits per heavy atom. The van der Waals surface area contributed by atoms with Crippen molar-refractivity contribution in [2.45, 2.75) is 37.6 Å². The third kappa shape index (κ3) is 3.29. The summed E-state index contributed by atoms with van der Waals surface area (Å²) in [4.78, 5) is 13.0. The first-order valence-electron chi connectivity index (χ1n) is 4.84. The van der Waals surface area contributed by atoms with E-state index in [1.807, 2.05) is 0 Å². The third-order valence-corrected chi connectivity index (χ3v) is 2.32. The summed E-state index contributed by atoms with van der Waals surface area (Å²) in [6.45, 7) is 0.860. The number of carbonyl (C=O) groups excluding carboxylic acids is 1. The summed E-state index contributed by atoms with van der Waals surface area (Å²) in [5.41, 5.74) is 8.21. The number of carbonyl (C=O) groups is 1. The third-order valence-electron chi connectivity index (χ3n) is 2.32. The van der Waals surface area contributed by atoms with Crippen LogP contribution >= 0.6 is 0 Å². The number of nitrogens with zero attached hydrogens (tertiary/aromatic N) is 3. The number of hydrogen-bond acceptors (Lipinski definition) is 7. The number of rotatable bonds is 3. The van der Waals surface area contributed by atoms with Gasteiger partial charge in [-0.15, -0.1) is 0 Å². The molecule has 0 spiro atoms. The highest BCUT2D eigenvalue weighted by atomic mass is 16.6. The zero-order valence-corrected chi connectivity index (χ0v) is 9.00. The summed E-state index contributed by atoms with van der Waals surface area (Å²) in [6, 6.07) is -1.30. The van der Waals surface area contributed by atoms with Crippen LogP contribution in [0.4, 0.5) is 0 Å². The largest absolute Gasteiger partial charge is 0.463 e. The van der Waals surface area contributed by atoms with E-state index in [1.165, 1.54) is 6.92 Å². The molecule has 9 nitrogen and oxygen atoms in total. The minimum Gasteiger partial charge on any atom is -0.463 e. The predicted octanol–water partition coefficient (Wildman–Crippen LogP) is -1.33. The molecule has 1 aliphatic heterocycles. The van der Waals surface area contributed by atoms with Gasteiger partial charge < -0.3 is 24.8 Å². The van der Waals surface area contributed by atoms with E-state index < -0.39 is 36.6 Å². The summed E-state index contributed by atoms with van der Waals surface area (Å²) >= 11 is 0. The lowest BCUT2D eigenvalue weighted by atomic mass is 9.98. The predicted molar refractivity (Wildman–Crippen MR) is 52.5 cm³/mol. The fourth-order valence-electron chi connectivity index (χ4n) is 1.45. The first kappa shape index (κ1) is 13.7. The molecule has 0 bridgehead atoms.